The lowest BCUT2D eigenvalue weighted by molar-refractivity contribution is -0.149. The molecule has 1 aromatic rings. The van der Waals surface area contributed by atoms with E-state index < -0.39 is 34.6 Å². The zero-order chi connectivity index (χ0) is 16.6. The largest absolute Gasteiger partial charge is 0.462 e. The molecule has 0 aromatic heterocycles. The minimum Gasteiger partial charge on any atom is -0.462 e. The lowest BCUT2D eigenvalue weighted by Crippen LogP contribution is -2.39. The summed E-state index contributed by atoms with van der Waals surface area (Å²) in [7, 11) is 0. The Morgan fingerprint density at radius 3 is 2.61 bits per heavy atom. The fourth-order valence-corrected chi connectivity index (χ4v) is 4.54. The highest BCUT2D eigenvalue weighted by Crippen LogP contribution is 2.51. The van der Waals surface area contributed by atoms with Gasteiger partial charge in [0.25, 0.3) is 0 Å². The topological polar surface area (TPSA) is 89.5 Å². The molecule has 0 bridgehead atoms. The van der Waals surface area contributed by atoms with E-state index in [4.69, 9.17) is 4.74 Å². The number of rotatable bonds is 3. The van der Waals surface area contributed by atoms with Gasteiger partial charge >= 0.3 is 5.97 Å². The Morgan fingerprint density at radius 1 is 1.26 bits per heavy atom. The summed E-state index contributed by atoms with van der Waals surface area (Å²) < 4.78 is 3.99. The van der Waals surface area contributed by atoms with Crippen molar-refractivity contribution in [3.8, 4) is 0 Å². The van der Waals surface area contributed by atoms with Crippen LogP contribution < -0.4 is 5.32 Å². The molecule has 1 saturated carbocycles. The van der Waals surface area contributed by atoms with Crippen molar-refractivity contribution in [1.29, 1.82) is 0 Å². The number of benzene rings is 1. The molecule has 3 rings (SSSR count). The van der Waals surface area contributed by atoms with E-state index in [0.29, 0.717) is 18.4 Å². The van der Waals surface area contributed by atoms with Gasteiger partial charge in [-0.25, -0.2) is 0 Å². The first-order valence-corrected chi connectivity index (χ1v) is 8.06. The van der Waals surface area contributed by atoms with Crippen molar-refractivity contribution >= 4 is 34.7 Å². The molecule has 0 spiro atoms. The molecule has 1 aromatic carbocycles. The average molecular weight is 333 g/mol. The van der Waals surface area contributed by atoms with Gasteiger partial charge < -0.3 is 4.74 Å². The van der Waals surface area contributed by atoms with Crippen molar-refractivity contribution in [3.05, 3.63) is 35.9 Å². The predicted octanol–water partition coefficient (Wildman–Crippen LogP) is 1.30. The maximum atomic E-state index is 12.5. The maximum absolute atomic E-state index is 12.5. The molecule has 1 unspecified atom stereocenters. The highest BCUT2D eigenvalue weighted by Gasteiger charge is 2.64. The van der Waals surface area contributed by atoms with Crippen LogP contribution in [0.5, 0.6) is 0 Å². The quantitative estimate of drug-likeness (QED) is 0.662. The van der Waals surface area contributed by atoms with Crippen LogP contribution in [0, 0.1) is 5.92 Å². The fraction of sp³-hybridized carbons (Fsp3) is 0.375. The molecule has 1 saturated heterocycles. The molecule has 2 aliphatic rings. The molecule has 1 N–H and O–H groups in total. The van der Waals surface area contributed by atoms with Gasteiger partial charge in [0.2, 0.25) is 16.9 Å². The summed E-state index contributed by atoms with van der Waals surface area (Å²) in [6.07, 6.45) is 0.0320. The number of fused-ring (bicyclic) bond motifs is 1. The standard InChI is InChI=1S/C16H15NO5S/c1-9(18)22-11-7-8-16(12(11)13(19)17-15(16)21)23-14(20)10-5-3-2-4-6-10/h2-6,11-12H,7-8H2,1H3,(H,17,19,21)/t11?,12-,16+/m0/s1. The van der Waals surface area contributed by atoms with E-state index in [9.17, 15) is 19.2 Å². The minimum absolute atomic E-state index is 0.274. The van der Waals surface area contributed by atoms with Crippen LogP contribution in [0.2, 0.25) is 0 Å². The van der Waals surface area contributed by atoms with Gasteiger partial charge in [-0.05, 0) is 12.8 Å². The third-order valence-electron chi connectivity index (χ3n) is 4.18. The Hall–Kier alpha value is -2.15. The normalized spacial score (nSPS) is 29.1. The van der Waals surface area contributed by atoms with E-state index in [1.807, 2.05) is 0 Å². The smallest absolute Gasteiger partial charge is 0.302 e. The van der Waals surface area contributed by atoms with Crippen LogP contribution in [0.3, 0.4) is 0 Å². The number of carbonyl (C=O) groups excluding carboxylic acids is 4. The number of thioether (sulfide) groups is 1. The monoisotopic (exact) mass is 333 g/mol. The van der Waals surface area contributed by atoms with Crippen LogP contribution in [0.1, 0.15) is 30.1 Å². The van der Waals surface area contributed by atoms with E-state index >= 15 is 0 Å². The average Bonchev–Trinajstić information content (AvgIpc) is 2.97. The fourth-order valence-electron chi connectivity index (χ4n) is 3.21. The van der Waals surface area contributed by atoms with Gasteiger partial charge in [0.05, 0.1) is 5.92 Å². The van der Waals surface area contributed by atoms with Crippen LogP contribution >= 0.6 is 11.8 Å². The van der Waals surface area contributed by atoms with E-state index in [1.54, 1.807) is 30.3 Å². The van der Waals surface area contributed by atoms with Gasteiger partial charge in [0.15, 0.2) is 0 Å². The van der Waals surface area contributed by atoms with Crippen LogP contribution in [0.4, 0.5) is 0 Å². The zero-order valence-corrected chi connectivity index (χ0v) is 13.2. The summed E-state index contributed by atoms with van der Waals surface area (Å²) >= 11 is 0.858. The van der Waals surface area contributed by atoms with E-state index in [-0.39, 0.29) is 5.12 Å². The molecular weight excluding hydrogens is 318 g/mol. The third-order valence-corrected chi connectivity index (χ3v) is 5.61. The number of imide groups is 1. The number of ether oxygens (including phenoxy) is 1. The molecule has 6 nitrogen and oxygen atoms in total. The molecule has 3 atom stereocenters. The summed E-state index contributed by atoms with van der Waals surface area (Å²) in [6, 6.07) is 8.58. The summed E-state index contributed by atoms with van der Waals surface area (Å²) in [4.78, 5) is 48.2. The first-order valence-electron chi connectivity index (χ1n) is 7.25. The van der Waals surface area contributed by atoms with Gasteiger partial charge in [0.1, 0.15) is 10.9 Å². The summed E-state index contributed by atoms with van der Waals surface area (Å²) in [5.41, 5.74) is 0.466. The summed E-state index contributed by atoms with van der Waals surface area (Å²) in [5.74, 6) is -2.28. The number of carbonyl (C=O) groups is 4. The first kappa shape index (κ1) is 15.7. The molecule has 2 fully saturated rings. The molecule has 1 aliphatic heterocycles. The van der Waals surface area contributed by atoms with Crippen molar-refractivity contribution in [2.45, 2.75) is 30.6 Å². The van der Waals surface area contributed by atoms with Gasteiger partial charge in [0, 0.05) is 12.5 Å². The van der Waals surface area contributed by atoms with Crippen LogP contribution in [-0.2, 0) is 19.1 Å². The van der Waals surface area contributed by atoms with Crippen molar-refractivity contribution in [2.24, 2.45) is 5.92 Å². The molecule has 1 heterocycles. The van der Waals surface area contributed by atoms with Crippen molar-refractivity contribution in [1.82, 2.24) is 5.32 Å². The summed E-state index contributed by atoms with van der Waals surface area (Å²) in [5, 5.41) is 2.00. The van der Waals surface area contributed by atoms with E-state index in [2.05, 4.69) is 5.32 Å². The Morgan fingerprint density at radius 2 is 1.96 bits per heavy atom. The molecule has 0 radical (unpaired) electrons. The first-order chi connectivity index (χ1) is 10.9. The molecular formula is C16H15NO5S. The number of hydrogen-bond acceptors (Lipinski definition) is 6. The molecule has 120 valence electrons. The SMILES string of the molecule is CC(=O)OC1CC[C@]2(SC(=O)c3ccccc3)C(=O)NC(=O)[C@H]12. The lowest BCUT2D eigenvalue weighted by atomic mass is 9.96. The second-order valence-electron chi connectivity index (χ2n) is 5.63. The number of nitrogens with one attached hydrogen (secondary N) is 1. The van der Waals surface area contributed by atoms with Crippen LogP contribution in [0.15, 0.2) is 30.3 Å². The third kappa shape index (κ3) is 2.65. The second kappa shape index (κ2) is 5.81. The lowest BCUT2D eigenvalue weighted by Gasteiger charge is -2.24. The van der Waals surface area contributed by atoms with Gasteiger partial charge in [-0.3, -0.25) is 24.5 Å². The van der Waals surface area contributed by atoms with Crippen molar-refractivity contribution in [2.75, 3.05) is 0 Å². The number of hydrogen-bond donors (Lipinski definition) is 1. The maximum Gasteiger partial charge on any atom is 0.302 e. The Labute approximate surface area is 137 Å². The highest BCUT2D eigenvalue weighted by atomic mass is 32.2. The zero-order valence-electron chi connectivity index (χ0n) is 12.4. The van der Waals surface area contributed by atoms with Crippen molar-refractivity contribution < 1.29 is 23.9 Å². The van der Waals surface area contributed by atoms with Crippen LogP contribution in [0.25, 0.3) is 0 Å². The van der Waals surface area contributed by atoms with Crippen molar-refractivity contribution in [3.63, 3.8) is 0 Å². The summed E-state index contributed by atoms with van der Waals surface area (Å²) in [6.45, 7) is 1.26. The molecule has 2 amide bonds. The second-order valence-corrected chi connectivity index (χ2v) is 6.93. The van der Waals surface area contributed by atoms with Crippen LogP contribution in [-0.4, -0.2) is 33.7 Å². The Kier molecular flexibility index (Phi) is 3.97. The number of esters is 1. The van der Waals surface area contributed by atoms with E-state index in [0.717, 1.165) is 11.8 Å². The molecule has 1 aliphatic carbocycles. The predicted molar refractivity (Wildman–Crippen MR) is 82.5 cm³/mol. The Balaban J connectivity index is 1.89. The number of amides is 2. The van der Waals surface area contributed by atoms with Gasteiger partial charge in [-0.1, -0.05) is 42.1 Å². The highest BCUT2D eigenvalue weighted by molar-refractivity contribution is 8.16. The van der Waals surface area contributed by atoms with E-state index in [1.165, 1.54) is 6.92 Å². The Bertz CT molecular complexity index is 689. The minimum atomic E-state index is -1.19. The molecule has 23 heavy (non-hydrogen) atoms. The molecule has 7 heteroatoms. The van der Waals surface area contributed by atoms with Gasteiger partial charge in [-0.15, -0.1) is 0 Å². The van der Waals surface area contributed by atoms with Gasteiger partial charge in [-0.2, -0.15) is 0 Å².